The summed E-state index contributed by atoms with van der Waals surface area (Å²) in [6, 6.07) is 0.904. The first-order valence-corrected chi connectivity index (χ1v) is 7.97. The molecule has 94 valence electrons. The van der Waals surface area contributed by atoms with E-state index in [0.29, 0.717) is 25.2 Å². The van der Waals surface area contributed by atoms with E-state index in [0.717, 1.165) is 19.3 Å². The topological polar surface area (TPSA) is 49.4 Å². The van der Waals surface area contributed by atoms with Gasteiger partial charge in [0.05, 0.1) is 5.75 Å². The maximum absolute atomic E-state index is 12.1. The van der Waals surface area contributed by atoms with Gasteiger partial charge >= 0.3 is 0 Å². The summed E-state index contributed by atoms with van der Waals surface area (Å²) in [5.41, 5.74) is 0. The zero-order chi connectivity index (χ0) is 11.6. The van der Waals surface area contributed by atoms with Crippen LogP contribution in [0.3, 0.4) is 0 Å². The third-order valence-electron chi connectivity index (χ3n) is 3.13. The lowest BCUT2D eigenvalue weighted by Crippen LogP contribution is -2.38. The van der Waals surface area contributed by atoms with E-state index in [1.807, 2.05) is 6.92 Å². The van der Waals surface area contributed by atoms with Crippen LogP contribution in [0.5, 0.6) is 0 Å². The zero-order valence-electron chi connectivity index (χ0n) is 9.98. The molecule has 0 unspecified atom stereocenters. The average molecular weight is 246 g/mol. The van der Waals surface area contributed by atoms with Crippen molar-refractivity contribution in [2.24, 2.45) is 0 Å². The third-order valence-corrected chi connectivity index (χ3v) is 5.04. The maximum Gasteiger partial charge on any atom is 0.215 e. The lowest BCUT2D eigenvalue weighted by Gasteiger charge is -2.21. The number of sulfonamides is 1. The van der Waals surface area contributed by atoms with Gasteiger partial charge in [-0.3, -0.25) is 0 Å². The van der Waals surface area contributed by atoms with E-state index in [9.17, 15) is 8.42 Å². The standard InChI is InChI=1S/C11H22N2O2S/c1-2-8-13(11-5-6-11)16(14,15)9-7-12-10-3-4-10/h10-12H,2-9H2,1H3. The first-order valence-electron chi connectivity index (χ1n) is 6.36. The molecule has 0 radical (unpaired) electrons. The quantitative estimate of drug-likeness (QED) is 0.693. The summed E-state index contributed by atoms with van der Waals surface area (Å²) >= 11 is 0. The molecule has 0 spiro atoms. The Bertz CT molecular complexity index is 321. The smallest absolute Gasteiger partial charge is 0.215 e. The molecule has 2 saturated carbocycles. The van der Waals surface area contributed by atoms with Crippen LogP contribution in [0.4, 0.5) is 0 Å². The van der Waals surface area contributed by atoms with Crippen LogP contribution in [-0.4, -0.2) is 43.6 Å². The Morgan fingerprint density at radius 3 is 2.44 bits per heavy atom. The van der Waals surface area contributed by atoms with Crippen molar-refractivity contribution in [2.45, 2.75) is 51.1 Å². The fourth-order valence-corrected chi connectivity index (χ4v) is 3.66. The molecule has 2 rings (SSSR count). The van der Waals surface area contributed by atoms with Crippen LogP contribution >= 0.6 is 0 Å². The molecule has 0 amide bonds. The van der Waals surface area contributed by atoms with Gasteiger partial charge in [0.25, 0.3) is 0 Å². The van der Waals surface area contributed by atoms with Crippen molar-refractivity contribution in [2.75, 3.05) is 18.8 Å². The van der Waals surface area contributed by atoms with Crippen molar-refractivity contribution >= 4 is 10.0 Å². The maximum atomic E-state index is 12.1. The van der Waals surface area contributed by atoms with Gasteiger partial charge in [0.15, 0.2) is 0 Å². The lowest BCUT2D eigenvalue weighted by atomic mass is 10.5. The summed E-state index contributed by atoms with van der Waals surface area (Å²) in [5.74, 6) is 0.264. The molecule has 0 aromatic heterocycles. The van der Waals surface area contributed by atoms with Crippen molar-refractivity contribution < 1.29 is 8.42 Å². The van der Waals surface area contributed by atoms with E-state index in [-0.39, 0.29) is 5.75 Å². The van der Waals surface area contributed by atoms with E-state index in [1.54, 1.807) is 4.31 Å². The molecular weight excluding hydrogens is 224 g/mol. The molecule has 2 aliphatic rings. The molecule has 0 aliphatic heterocycles. The van der Waals surface area contributed by atoms with E-state index in [4.69, 9.17) is 0 Å². The second-order valence-corrected chi connectivity index (χ2v) is 6.93. The number of nitrogens with one attached hydrogen (secondary N) is 1. The number of rotatable bonds is 8. The molecule has 0 aromatic rings. The molecule has 0 atom stereocenters. The van der Waals surface area contributed by atoms with Gasteiger partial charge in [0.2, 0.25) is 10.0 Å². The minimum atomic E-state index is -3.02. The van der Waals surface area contributed by atoms with E-state index in [2.05, 4.69) is 5.32 Å². The van der Waals surface area contributed by atoms with Crippen molar-refractivity contribution in [3.8, 4) is 0 Å². The van der Waals surface area contributed by atoms with Gasteiger partial charge in [-0.15, -0.1) is 0 Å². The SMILES string of the molecule is CCCN(C1CC1)S(=O)(=O)CCNC1CC1. The van der Waals surface area contributed by atoms with Crippen LogP contribution in [-0.2, 0) is 10.0 Å². The Kier molecular flexibility index (Phi) is 3.87. The highest BCUT2D eigenvalue weighted by atomic mass is 32.2. The van der Waals surface area contributed by atoms with Crippen LogP contribution in [0.15, 0.2) is 0 Å². The highest BCUT2D eigenvalue weighted by molar-refractivity contribution is 7.89. The van der Waals surface area contributed by atoms with E-state index in [1.165, 1.54) is 12.8 Å². The minimum Gasteiger partial charge on any atom is -0.313 e. The van der Waals surface area contributed by atoms with Gasteiger partial charge in [-0.25, -0.2) is 8.42 Å². The van der Waals surface area contributed by atoms with E-state index < -0.39 is 10.0 Å². The van der Waals surface area contributed by atoms with Gasteiger partial charge in [-0.2, -0.15) is 4.31 Å². The second-order valence-electron chi connectivity index (χ2n) is 4.89. The summed E-state index contributed by atoms with van der Waals surface area (Å²) in [6.07, 6.45) is 5.43. The first kappa shape index (κ1) is 12.3. The van der Waals surface area contributed by atoms with Crippen LogP contribution in [0, 0.1) is 0 Å². The van der Waals surface area contributed by atoms with Gasteiger partial charge in [0, 0.05) is 25.2 Å². The Morgan fingerprint density at radius 2 is 1.94 bits per heavy atom. The monoisotopic (exact) mass is 246 g/mol. The number of nitrogens with zero attached hydrogens (tertiary/aromatic N) is 1. The zero-order valence-corrected chi connectivity index (χ0v) is 10.8. The van der Waals surface area contributed by atoms with Crippen molar-refractivity contribution in [1.82, 2.24) is 9.62 Å². The minimum absolute atomic E-state index is 0.264. The normalized spacial score (nSPS) is 21.6. The van der Waals surface area contributed by atoms with Crippen molar-refractivity contribution in [3.05, 3.63) is 0 Å². The number of hydrogen-bond donors (Lipinski definition) is 1. The van der Waals surface area contributed by atoms with Crippen LogP contribution in [0.25, 0.3) is 0 Å². The largest absolute Gasteiger partial charge is 0.313 e. The van der Waals surface area contributed by atoms with Crippen molar-refractivity contribution in [3.63, 3.8) is 0 Å². The molecule has 0 saturated heterocycles. The molecule has 0 aromatic carbocycles. The second kappa shape index (κ2) is 5.02. The van der Waals surface area contributed by atoms with Crippen LogP contribution < -0.4 is 5.32 Å². The van der Waals surface area contributed by atoms with Gasteiger partial charge in [-0.05, 0) is 32.1 Å². The van der Waals surface area contributed by atoms with E-state index >= 15 is 0 Å². The predicted molar refractivity (Wildman–Crippen MR) is 64.8 cm³/mol. The van der Waals surface area contributed by atoms with Gasteiger partial charge < -0.3 is 5.32 Å². The summed E-state index contributed by atoms with van der Waals surface area (Å²) < 4.78 is 25.9. The predicted octanol–water partition coefficient (Wildman–Crippen LogP) is 0.943. The summed E-state index contributed by atoms with van der Waals surface area (Å²) in [4.78, 5) is 0. The summed E-state index contributed by atoms with van der Waals surface area (Å²) in [6.45, 7) is 3.34. The first-order chi connectivity index (χ1) is 7.63. The molecule has 1 N–H and O–H groups in total. The highest BCUT2D eigenvalue weighted by Crippen LogP contribution is 2.29. The van der Waals surface area contributed by atoms with Gasteiger partial charge in [-0.1, -0.05) is 6.92 Å². The van der Waals surface area contributed by atoms with Crippen molar-refractivity contribution in [1.29, 1.82) is 0 Å². The lowest BCUT2D eigenvalue weighted by molar-refractivity contribution is 0.402. The Hall–Kier alpha value is -0.130. The fraction of sp³-hybridized carbons (Fsp3) is 1.00. The average Bonchev–Trinajstić information content (AvgIpc) is 3.06. The molecule has 0 heterocycles. The molecule has 2 fully saturated rings. The Labute approximate surface area is 98.4 Å². The van der Waals surface area contributed by atoms with Crippen LogP contribution in [0.1, 0.15) is 39.0 Å². The number of hydrogen-bond acceptors (Lipinski definition) is 3. The molecule has 2 aliphatic carbocycles. The van der Waals surface area contributed by atoms with Gasteiger partial charge in [0.1, 0.15) is 0 Å². The molecule has 4 nitrogen and oxygen atoms in total. The summed E-state index contributed by atoms with van der Waals surface area (Å²) in [7, 11) is -3.02. The molecule has 0 bridgehead atoms. The third kappa shape index (κ3) is 3.43. The van der Waals surface area contributed by atoms with Crippen LogP contribution in [0.2, 0.25) is 0 Å². The Balaban J connectivity index is 1.81. The molecule has 5 heteroatoms. The summed E-state index contributed by atoms with van der Waals surface area (Å²) in [5, 5.41) is 3.26. The Morgan fingerprint density at radius 1 is 1.25 bits per heavy atom. The molecule has 16 heavy (non-hydrogen) atoms. The highest BCUT2D eigenvalue weighted by Gasteiger charge is 2.36. The fourth-order valence-electron chi connectivity index (χ4n) is 1.93. The molecular formula is C11H22N2O2S.